The molecule has 11 heteroatoms. The predicted octanol–water partition coefficient (Wildman–Crippen LogP) is 5.05. The first-order valence-electron chi connectivity index (χ1n) is 11.4. The highest BCUT2D eigenvalue weighted by molar-refractivity contribution is 8.15. The van der Waals surface area contributed by atoms with Crippen molar-refractivity contribution >= 4 is 28.7 Å². The molecule has 1 heterocycles. The Bertz CT molecular complexity index is 1150. The van der Waals surface area contributed by atoms with Crippen molar-refractivity contribution in [2.24, 2.45) is 10.4 Å². The summed E-state index contributed by atoms with van der Waals surface area (Å²) < 4.78 is 59.3. The molecular weight excluding hydrogens is 500 g/mol. The van der Waals surface area contributed by atoms with E-state index in [0.717, 1.165) is 12.1 Å². The van der Waals surface area contributed by atoms with E-state index in [1.807, 2.05) is 0 Å². The first kappa shape index (κ1) is 26.2. The van der Waals surface area contributed by atoms with Crippen LogP contribution in [-0.4, -0.2) is 45.0 Å². The summed E-state index contributed by atoms with van der Waals surface area (Å²) in [6.07, 6.45) is -0.521. The molecule has 1 fully saturated rings. The van der Waals surface area contributed by atoms with Crippen molar-refractivity contribution < 1.29 is 37.0 Å². The van der Waals surface area contributed by atoms with Gasteiger partial charge in [0.1, 0.15) is 29.5 Å². The van der Waals surface area contributed by atoms with Gasteiger partial charge in [0, 0.05) is 0 Å². The maximum Gasteiger partial charge on any atom is 0.416 e. The minimum Gasteiger partial charge on any atom is -0.490 e. The molecule has 6 nitrogen and oxygen atoms in total. The maximum absolute atomic E-state index is 14.7. The second-order valence-corrected chi connectivity index (χ2v) is 11.3. The average Bonchev–Trinajstić information content (AvgIpc) is 3.37. The fraction of sp³-hybridized carbons (Fsp3) is 0.480. The number of hydrogen-bond acceptors (Lipinski definition) is 5. The highest BCUT2D eigenvalue weighted by atomic mass is 32.2. The van der Waals surface area contributed by atoms with Crippen LogP contribution in [0.5, 0.6) is 0 Å². The number of fused-ring (bicyclic) bond motifs is 1. The molecule has 3 atom stereocenters. The molecule has 1 aliphatic heterocycles. The maximum atomic E-state index is 14.7. The highest BCUT2D eigenvalue weighted by Gasteiger charge is 2.53. The summed E-state index contributed by atoms with van der Waals surface area (Å²) in [5.74, 6) is -1.76. The molecule has 0 bridgehead atoms. The van der Waals surface area contributed by atoms with Gasteiger partial charge < -0.3 is 15.2 Å². The predicted molar refractivity (Wildman–Crippen MR) is 127 cm³/mol. The molecule has 194 valence electrons. The monoisotopic (exact) mass is 526 g/mol. The van der Waals surface area contributed by atoms with Gasteiger partial charge in [-0.3, -0.25) is 9.79 Å². The van der Waals surface area contributed by atoms with Gasteiger partial charge in [-0.05, 0) is 42.0 Å². The fourth-order valence-electron chi connectivity index (χ4n) is 3.91. The van der Waals surface area contributed by atoms with Crippen LogP contribution in [0.4, 0.5) is 17.6 Å². The van der Waals surface area contributed by atoms with E-state index in [1.54, 1.807) is 26.8 Å². The SMILES string of the molecule is CC(C)(C)[C@H](NC(=O)C1=C(OCc2ccc(C(F)(F)F)cc2)C2N=C(C3(F)CC3)SC2C=C1)C(=O)O. The number of carbonyl (C=O) groups excluding carboxylic acids is 1. The van der Waals surface area contributed by atoms with Crippen molar-refractivity contribution in [3.05, 3.63) is 58.9 Å². The van der Waals surface area contributed by atoms with Gasteiger partial charge >= 0.3 is 12.1 Å². The highest BCUT2D eigenvalue weighted by Crippen LogP contribution is 2.50. The summed E-state index contributed by atoms with van der Waals surface area (Å²) >= 11 is 1.25. The van der Waals surface area contributed by atoms with E-state index >= 15 is 0 Å². The Kier molecular flexibility index (Phi) is 6.74. The Labute approximate surface area is 209 Å². The van der Waals surface area contributed by atoms with Crippen LogP contribution in [-0.2, 0) is 27.1 Å². The molecule has 1 aromatic carbocycles. The second kappa shape index (κ2) is 9.24. The molecule has 36 heavy (non-hydrogen) atoms. The Morgan fingerprint density at radius 1 is 1.22 bits per heavy atom. The summed E-state index contributed by atoms with van der Waals surface area (Å²) in [4.78, 5) is 29.5. The van der Waals surface area contributed by atoms with Crippen LogP contribution in [0, 0.1) is 5.41 Å². The number of amides is 1. The van der Waals surface area contributed by atoms with Gasteiger partial charge in [-0.1, -0.05) is 50.7 Å². The van der Waals surface area contributed by atoms with E-state index in [2.05, 4.69) is 10.3 Å². The lowest BCUT2D eigenvalue weighted by Crippen LogP contribution is -2.49. The van der Waals surface area contributed by atoms with Crippen LogP contribution in [0.1, 0.15) is 44.7 Å². The zero-order valence-electron chi connectivity index (χ0n) is 19.9. The van der Waals surface area contributed by atoms with Crippen LogP contribution < -0.4 is 5.32 Å². The van der Waals surface area contributed by atoms with E-state index in [0.29, 0.717) is 23.4 Å². The van der Waals surface area contributed by atoms with Crippen molar-refractivity contribution in [1.82, 2.24) is 5.32 Å². The lowest BCUT2D eigenvalue weighted by atomic mass is 9.86. The van der Waals surface area contributed by atoms with Crippen LogP contribution >= 0.6 is 11.8 Å². The van der Waals surface area contributed by atoms with Crippen molar-refractivity contribution in [2.75, 3.05) is 0 Å². The molecule has 1 aromatic rings. The summed E-state index contributed by atoms with van der Waals surface area (Å²) in [5, 5.41) is 12.2. The number of aliphatic carboxylic acids is 1. The minimum absolute atomic E-state index is 0.0490. The summed E-state index contributed by atoms with van der Waals surface area (Å²) in [5.41, 5.74) is -2.58. The number of ether oxygens (including phenoxy) is 1. The van der Waals surface area contributed by atoms with E-state index < -0.39 is 46.8 Å². The number of thioether (sulfide) groups is 1. The third-order valence-electron chi connectivity index (χ3n) is 6.18. The third-order valence-corrected chi connectivity index (χ3v) is 7.56. The molecule has 0 spiro atoms. The normalized spacial score (nSPS) is 23.6. The van der Waals surface area contributed by atoms with Crippen molar-refractivity contribution in [1.29, 1.82) is 0 Å². The summed E-state index contributed by atoms with van der Waals surface area (Å²) in [6, 6.07) is 2.52. The van der Waals surface area contributed by atoms with Gasteiger partial charge in [-0.2, -0.15) is 13.2 Å². The molecule has 4 rings (SSSR count). The van der Waals surface area contributed by atoms with Gasteiger partial charge in [0.2, 0.25) is 0 Å². The van der Waals surface area contributed by atoms with Gasteiger partial charge in [-0.15, -0.1) is 0 Å². The number of nitrogens with one attached hydrogen (secondary N) is 1. The summed E-state index contributed by atoms with van der Waals surface area (Å²) in [7, 11) is 0. The summed E-state index contributed by atoms with van der Waals surface area (Å²) in [6.45, 7) is 4.88. The topological polar surface area (TPSA) is 88.0 Å². The number of rotatable bonds is 7. The largest absolute Gasteiger partial charge is 0.490 e. The molecule has 2 aliphatic carbocycles. The Morgan fingerprint density at radius 3 is 2.39 bits per heavy atom. The molecule has 3 aliphatic rings. The van der Waals surface area contributed by atoms with Gasteiger partial charge in [-0.25, -0.2) is 9.18 Å². The van der Waals surface area contributed by atoms with Crippen molar-refractivity contribution in [2.45, 2.75) is 69.4 Å². The van der Waals surface area contributed by atoms with Gasteiger partial charge in [0.05, 0.1) is 16.4 Å². The quantitative estimate of drug-likeness (QED) is 0.486. The second-order valence-electron chi connectivity index (χ2n) is 10.2. The fourth-order valence-corrected chi connectivity index (χ4v) is 5.23. The number of carboxylic acids is 1. The number of alkyl halides is 4. The number of carboxylic acid groups (broad SMARTS) is 1. The zero-order valence-corrected chi connectivity index (χ0v) is 20.7. The lowest BCUT2D eigenvalue weighted by Gasteiger charge is -2.29. The van der Waals surface area contributed by atoms with Gasteiger partial charge in [0.25, 0.3) is 5.91 Å². The van der Waals surface area contributed by atoms with E-state index in [1.165, 1.54) is 30.0 Å². The first-order valence-corrected chi connectivity index (χ1v) is 12.3. The molecule has 2 unspecified atom stereocenters. The van der Waals surface area contributed by atoms with Crippen molar-refractivity contribution in [3.8, 4) is 0 Å². The molecule has 0 aromatic heterocycles. The number of aliphatic imine (C=N–C) groups is 1. The Hall–Kier alpha value is -2.82. The first-order chi connectivity index (χ1) is 16.7. The zero-order chi connectivity index (χ0) is 26.5. The lowest BCUT2D eigenvalue weighted by molar-refractivity contribution is -0.144. The number of hydrogen-bond donors (Lipinski definition) is 2. The standard InChI is InChI=1S/C25H26F4N2O4S/c1-23(2,3)19(21(33)34)31-20(32)15-8-9-16-17(30-22(36-16)24(26)10-11-24)18(15)35-12-13-4-6-14(7-5-13)25(27,28)29/h4-9,16-17,19H,10-12H2,1-3H3,(H,31,32)(H,33,34)/t16?,17?,19-/m1/s1. The molecule has 1 amide bonds. The molecular formula is C25H26F4N2O4S. The van der Waals surface area contributed by atoms with Crippen LogP contribution in [0.25, 0.3) is 0 Å². The number of benzene rings is 1. The van der Waals surface area contributed by atoms with E-state index in [-0.39, 0.29) is 23.2 Å². The number of carbonyl (C=O) groups is 2. The van der Waals surface area contributed by atoms with Crippen molar-refractivity contribution in [3.63, 3.8) is 0 Å². The number of halogens is 4. The van der Waals surface area contributed by atoms with Crippen LogP contribution in [0.2, 0.25) is 0 Å². The Morgan fingerprint density at radius 2 is 1.86 bits per heavy atom. The molecule has 0 radical (unpaired) electrons. The van der Waals surface area contributed by atoms with E-state index in [9.17, 15) is 32.3 Å². The average molecular weight is 527 g/mol. The third kappa shape index (κ3) is 5.45. The molecule has 2 N–H and O–H groups in total. The molecule has 1 saturated carbocycles. The number of nitrogens with zero attached hydrogens (tertiary/aromatic N) is 1. The van der Waals surface area contributed by atoms with Gasteiger partial charge in [0.15, 0.2) is 5.67 Å². The molecule has 0 saturated heterocycles. The van der Waals surface area contributed by atoms with E-state index in [4.69, 9.17) is 4.74 Å². The minimum atomic E-state index is -4.47. The Balaban J connectivity index is 1.63. The van der Waals surface area contributed by atoms with Crippen LogP contribution in [0.3, 0.4) is 0 Å². The van der Waals surface area contributed by atoms with Crippen LogP contribution in [0.15, 0.2) is 52.7 Å². The smallest absolute Gasteiger partial charge is 0.416 e.